The van der Waals surface area contributed by atoms with E-state index in [0.717, 1.165) is 18.7 Å². The number of halogens is 3. The van der Waals surface area contributed by atoms with E-state index in [2.05, 4.69) is 10.2 Å². The third kappa shape index (κ3) is 4.31. The van der Waals surface area contributed by atoms with Crippen molar-refractivity contribution in [3.8, 4) is 0 Å². The number of nitrogens with one attached hydrogen (secondary N) is 1. The van der Waals surface area contributed by atoms with Crippen LogP contribution in [0.5, 0.6) is 0 Å². The van der Waals surface area contributed by atoms with Crippen LogP contribution in [0.1, 0.15) is 24.0 Å². The molecule has 0 atom stereocenters. The zero-order valence-electron chi connectivity index (χ0n) is 11.7. The maximum atomic E-state index is 12.7. The van der Waals surface area contributed by atoms with Gasteiger partial charge in [0.2, 0.25) is 0 Å². The Morgan fingerprint density at radius 2 is 2.10 bits per heavy atom. The fraction of sp³-hybridized carbons (Fsp3) is 0.500. The molecule has 0 heterocycles. The van der Waals surface area contributed by atoms with Crippen LogP contribution < -0.4 is 11.1 Å². The molecule has 0 saturated heterocycles. The molecule has 0 aromatic heterocycles. The van der Waals surface area contributed by atoms with Crippen LogP contribution in [0.25, 0.3) is 0 Å². The second-order valence-electron chi connectivity index (χ2n) is 5.26. The SMILES string of the molecule is CN(CCNc1ccc(C(F)(F)F)cc1C(N)=S)C1CC1. The molecular weight excluding hydrogens is 299 g/mol. The lowest BCUT2D eigenvalue weighted by atomic mass is 10.1. The quantitative estimate of drug-likeness (QED) is 0.792. The molecule has 0 amide bonds. The Labute approximate surface area is 127 Å². The van der Waals surface area contributed by atoms with E-state index in [4.69, 9.17) is 18.0 Å². The molecular formula is C14H18F3N3S. The number of rotatable bonds is 6. The van der Waals surface area contributed by atoms with Crippen LogP contribution >= 0.6 is 12.2 Å². The molecule has 1 aromatic rings. The highest BCUT2D eigenvalue weighted by molar-refractivity contribution is 7.80. The zero-order chi connectivity index (χ0) is 15.6. The van der Waals surface area contributed by atoms with E-state index in [1.54, 1.807) is 0 Å². The van der Waals surface area contributed by atoms with Crippen molar-refractivity contribution in [1.29, 1.82) is 0 Å². The average Bonchev–Trinajstić information content (AvgIpc) is 3.21. The van der Waals surface area contributed by atoms with Crippen molar-refractivity contribution in [2.75, 3.05) is 25.5 Å². The van der Waals surface area contributed by atoms with Crippen molar-refractivity contribution >= 4 is 22.9 Å². The third-order valence-electron chi connectivity index (χ3n) is 3.56. The molecule has 3 N–H and O–H groups in total. The summed E-state index contributed by atoms with van der Waals surface area (Å²) < 4.78 is 38.1. The molecule has 0 bridgehead atoms. The summed E-state index contributed by atoms with van der Waals surface area (Å²) >= 11 is 4.85. The summed E-state index contributed by atoms with van der Waals surface area (Å²) in [5, 5.41) is 3.11. The number of hydrogen-bond acceptors (Lipinski definition) is 3. The molecule has 1 aliphatic rings. The first-order chi connectivity index (χ1) is 9.79. The fourth-order valence-corrected chi connectivity index (χ4v) is 2.31. The summed E-state index contributed by atoms with van der Waals surface area (Å²) in [6.07, 6.45) is -1.96. The van der Waals surface area contributed by atoms with Crippen LogP contribution in [-0.4, -0.2) is 36.1 Å². The molecule has 0 radical (unpaired) electrons. The first-order valence-corrected chi connectivity index (χ1v) is 7.15. The lowest BCUT2D eigenvalue weighted by molar-refractivity contribution is -0.137. The van der Waals surface area contributed by atoms with Gasteiger partial charge in [-0.3, -0.25) is 0 Å². The van der Waals surface area contributed by atoms with Crippen molar-refractivity contribution in [2.24, 2.45) is 5.73 Å². The van der Waals surface area contributed by atoms with Crippen LogP contribution in [-0.2, 0) is 6.18 Å². The number of thiocarbonyl (C=S) groups is 1. The maximum Gasteiger partial charge on any atom is 0.416 e. The molecule has 0 unspecified atom stereocenters. The van der Waals surface area contributed by atoms with Gasteiger partial charge in [-0.1, -0.05) is 12.2 Å². The largest absolute Gasteiger partial charge is 0.416 e. The van der Waals surface area contributed by atoms with Gasteiger partial charge in [0.15, 0.2) is 0 Å². The Bertz CT molecular complexity index is 527. The Hall–Kier alpha value is -1.34. The summed E-state index contributed by atoms with van der Waals surface area (Å²) in [6.45, 7) is 1.45. The summed E-state index contributed by atoms with van der Waals surface area (Å²) in [4.78, 5) is 2.19. The molecule has 116 valence electrons. The summed E-state index contributed by atoms with van der Waals surface area (Å²) in [5.74, 6) is 0. The van der Waals surface area contributed by atoms with E-state index in [1.165, 1.54) is 18.9 Å². The Balaban J connectivity index is 2.05. The van der Waals surface area contributed by atoms with Gasteiger partial charge in [-0.2, -0.15) is 13.2 Å². The first kappa shape index (κ1) is 16.0. The molecule has 7 heteroatoms. The second kappa shape index (κ2) is 6.19. The van der Waals surface area contributed by atoms with E-state index in [1.807, 2.05) is 7.05 Å². The highest BCUT2D eigenvalue weighted by atomic mass is 32.1. The van der Waals surface area contributed by atoms with Crippen molar-refractivity contribution in [3.63, 3.8) is 0 Å². The van der Waals surface area contributed by atoms with E-state index < -0.39 is 11.7 Å². The van der Waals surface area contributed by atoms with Gasteiger partial charge in [-0.05, 0) is 38.1 Å². The number of nitrogens with zero attached hydrogens (tertiary/aromatic N) is 1. The van der Waals surface area contributed by atoms with Gasteiger partial charge < -0.3 is 16.0 Å². The predicted molar refractivity (Wildman–Crippen MR) is 81.5 cm³/mol. The number of benzene rings is 1. The van der Waals surface area contributed by atoms with Crippen LogP contribution in [0.2, 0.25) is 0 Å². The number of anilines is 1. The summed E-state index contributed by atoms with van der Waals surface area (Å²) in [7, 11) is 2.04. The minimum absolute atomic E-state index is 0.0425. The van der Waals surface area contributed by atoms with Crippen molar-refractivity contribution in [2.45, 2.75) is 25.1 Å². The molecule has 0 aliphatic heterocycles. The van der Waals surface area contributed by atoms with Gasteiger partial charge in [-0.25, -0.2) is 0 Å². The Morgan fingerprint density at radius 1 is 1.43 bits per heavy atom. The number of hydrogen-bond donors (Lipinski definition) is 2. The van der Waals surface area contributed by atoms with E-state index in [9.17, 15) is 13.2 Å². The number of alkyl halides is 3. The first-order valence-electron chi connectivity index (χ1n) is 6.74. The molecule has 3 nitrogen and oxygen atoms in total. The van der Waals surface area contributed by atoms with E-state index >= 15 is 0 Å². The predicted octanol–water partition coefficient (Wildman–Crippen LogP) is 2.85. The Kier molecular flexibility index (Phi) is 4.73. The standard InChI is InChI=1S/C14H18F3N3S/c1-20(10-3-4-10)7-6-19-12-5-2-9(14(15,16)17)8-11(12)13(18)21/h2,5,8,10,19H,3-4,6-7H2,1H3,(H2,18,21). The lowest BCUT2D eigenvalue weighted by Crippen LogP contribution is -2.27. The molecule has 1 aromatic carbocycles. The smallest absolute Gasteiger partial charge is 0.389 e. The van der Waals surface area contributed by atoms with Gasteiger partial charge in [0.1, 0.15) is 4.99 Å². The Morgan fingerprint density at radius 3 is 2.62 bits per heavy atom. The van der Waals surface area contributed by atoms with Gasteiger partial charge >= 0.3 is 6.18 Å². The molecule has 2 rings (SSSR count). The number of likely N-dealkylation sites (N-methyl/N-ethyl adjacent to an activating group) is 1. The molecule has 1 aliphatic carbocycles. The molecule has 1 fully saturated rings. The highest BCUT2D eigenvalue weighted by Gasteiger charge is 2.31. The van der Waals surface area contributed by atoms with Gasteiger partial charge in [0.25, 0.3) is 0 Å². The van der Waals surface area contributed by atoms with E-state index in [0.29, 0.717) is 18.3 Å². The maximum absolute atomic E-state index is 12.7. The topological polar surface area (TPSA) is 41.3 Å². The molecule has 21 heavy (non-hydrogen) atoms. The normalized spacial score (nSPS) is 15.3. The summed E-state index contributed by atoms with van der Waals surface area (Å²) in [5.41, 5.74) is 5.56. The average molecular weight is 317 g/mol. The minimum Gasteiger partial charge on any atom is -0.389 e. The van der Waals surface area contributed by atoms with Crippen LogP contribution in [0, 0.1) is 0 Å². The molecule has 1 saturated carbocycles. The monoisotopic (exact) mass is 317 g/mol. The fourth-order valence-electron chi connectivity index (χ4n) is 2.14. The lowest BCUT2D eigenvalue weighted by Gasteiger charge is -2.18. The van der Waals surface area contributed by atoms with Gasteiger partial charge in [0.05, 0.1) is 5.56 Å². The van der Waals surface area contributed by atoms with Crippen molar-refractivity contribution < 1.29 is 13.2 Å². The van der Waals surface area contributed by atoms with Crippen LogP contribution in [0.4, 0.5) is 18.9 Å². The molecule has 0 spiro atoms. The highest BCUT2D eigenvalue weighted by Crippen LogP contribution is 2.32. The van der Waals surface area contributed by atoms with Crippen molar-refractivity contribution in [1.82, 2.24) is 4.90 Å². The number of nitrogens with two attached hydrogens (primary N) is 1. The minimum atomic E-state index is -4.40. The van der Waals surface area contributed by atoms with Crippen LogP contribution in [0.3, 0.4) is 0 Å². The summed E-state index contributed by atoms with van der Waals surface area (Å²) in [6, 6.07) is 4.06. The van der Waals surface area contributed by atoms with Crippen molar-refractivity contribution in [3.05, 3.63) is 29.3 Å². The third-order valence-corrected chi connectivity index (χ3v) is 3.78. The zero-order valence-corrected chi connectivity index (χ0v) is 12.5. The van der Waals surface area contributed by atoms with Gasteiger partial charge in [0, 0.05) is 30.4 Å². The second-order valence-corrected chi connectivity index (χ2v) is 5.70. The van der Waals surface area contributed by atoms with Gasteiger partial charge in [-0.15, -0.1) is 0 Å². The van der Waals surface area contributed by atoms with E-state index in [-0.39, 0.29) is 10.6 Å². The van der Waals surface area contributed by atoms with Crippen LogP contribution in [0.15, 0.2) is 18.2 Å².